The van der Waals surface area contributed by atoms with E-state index >= 15 is 0 Å². The summed E-state index contributed by atoms with van der Waals surface area (Å²) in [7, 11) is 0. The van der Waals surface area contributed by atoms with Crippen LogP contribution in [0.25, 0.3) is 0 Å². The van der Waals surface area contributed by atoms with Crippen molar-refractivity contribution < 1.29 is 0 Å². The van der Waals surface area contributed by atoms with Crippen molar-refractivity contribution in [2.75, 3.05) is 0 Å². The van der Waals surface area contributed by atoms with Gasteiger partial charge in [-0.05, 0) is 53.4 Å². The summed E-state index contributed by atoms with van der Waals surface area (Å²) in [4.78, 5) is 4.26. The Bertz CT molecular complexity index is 545. The summed E-state index contributed by atoms with van der Waals surface area (Å²) in [5.74, 6) is 1.80. The maximum Gasteiger partial charge on any atom is 0.0300 e. The molecule has 0 saturated heterocycles. The molecule has 0 N–H and O–H groups in total. The van der Waals surface area contributed by atoms with E-state index in [4.69, 9.17) is 0 Å². The van der Waals surface area contributed by atoms with Crippen molar-refractivity contribution in [3.8, 4) is 0 Å². The van der Waals surface area contributed by atoms with Crippen molar-refractivity contribution in [3.63, 3.8) is 0 Å². The molecule has 0 amide bonds. The largest absolute Gasteiger partial charge is 0.264 e. The van der Waals surface area contributed by atoms with Crippen LogP contribution in [-0.4, -0.2) is 4.98 Å². The monoisotopic (exact) mass is 281 g/mol. The van der Waals surface area contributed by atoms with Gasteiger partial charge in [0.2, 0.25) is 0 Å². The first-order chi connectivity index (χ1) is 10.1. The Hall–Kier alpha value is -1.63. The van der Waals surface area contributed by atoms with Gasteiger partial charge in [0, 0.05) is 12.4 Å². The van der Waals surface area contributed by atoms with Crippen molar-refractivity contribution in [2.45, 2.75) is 52.4 Å². The molecule has 1 heteroatoms. The Morgan fingerprint density at radius 2 is 1.67 bits per heavy atom. The van der Waals surface area contributed by atoms with E-state index < -0.39 is 0 Å². The second kappa shape index (κ2) is 7.40. The highest BCUT2D eigenvalue weighted by Gasteiger charge is 2.21. The van der Waals surface area contributed by atoms with Crippen LogP contribution in [0.3, 0.4) is 0 Å². The molecule has 0 spiro atoms. The number of aromatic nitrogens is 1. The van der Waals surface area contributed by atoms with Gasteiger partial charge in [-0.2, -0.15) is 0 Å². The number of nitrogens with zero attached hydrogens (tertiary/aromatic N) is 1. The fourth-order valence-corrected chi connectivity index (χ4v) is 2.99. The Morgan fingerprint density at radius 3 is 2.24 bits per heavy atom. The molecule has 2 atom stereocenters. The minimum Gasteiger partial charge on any atom is -0.264 e. The lowest BCUT2D eigenvalue weighted by atomic mass is 9.79. The summed E-state index contributed by atoms with van der Waals surface area (Å²) in [5, 5.41) is 0. The van der Waals surface area contributed by atoms with Crippen molar-refractivity contribution in [1.29, 1.82) is 0 Å². The second-order valence-electron chi connectivity index (χ2n) is 6.35. The summed E-state index contributed by atoms with van der Waals surface area (Å²) >= 11 is 0. The van der Waals surface area contributed by atoms with Crippen molar-refractivity contribution >= 4 is 0 Å². The third-order valence-corrected chi connectivity index (χ3v) is 4.52. The molecule has 0 aliphatic carbocycles. The van der Waals surface area contributed by atoms with Crippen LogP contribution in [0.1, 0.15) is 62.6 Å². The van der Waals surface area contributed by atoms with Gasteiger partial charge in [-0.3, -0.25) is 4.98 Å². The molecule has 0 fully saturated rings. The van der Waals surface area contributed by atoms with E-state index in [0.29, 0.717) is 17.8 Å². The van der Waals surface area contributed by atoms with Crippen molar-refractivity contribution in [1.82, 2.24) is 4.98 Å². The summed E-state index contributed by atoms with van der Waals surface area (Å²) in [6.07, 6.45) is 6.11. The molecule has 1 heterocycles. The molecule has 1 nitrogen and oxygen atoms in total. The number of hydrogen-bond donors (Lipinski definition) is 0. The van der Waals surface area contributed by atoms with Crippen molar-refractivity contribution in [2.24, 2.45) is 5.92 Å². The van der Waals surface area contributed by atoms with E-state index in [9.17, 15) is 0 Å². The summed E-state index contributed by atoms with van der Waals surface area (Å²) in [6.45, 7) is 9.26. The van der Waals surface area contributed by atoms with Crippen LogP contribution in [0.5, 0.6) is 0 Å². The molecule has 0 aliphatic heterocycles. The predicted molar refractivity (Wildman–Crippen MR) is 90.7 cm³/mol. The highest BCUT2D eigenvalue weighted by molar-refractivity contribution is 5.34. The number of hydrogen-bond acceptors (Lipinski definition) is 1. The van der Waals surface area contributed by atoms with Crippen LogP contribution in [0.4, 0.5) is 0 Å². The van der Waals surface area contributed by atoms with Gasteiger partial charge in [0.25, 0.3) is 0 Å². The van der Waals surface area contributed by atoms with Crippen LogP contribution >= 0.6 is 0 Å². The van der Waals surface area contributed by atoms with Crippen LogP contribution in [0.15, 0.2) is 48.8 Å². The number of pyridine rings is 1. The molecule has 2 unspecified atom stereocenters. The normalized spacial score (nSPS) is 14.1. The molecule has 0 saturated carbocycles. The zero-order chi connectivity index (χ0) is 15.2. The maximum atomic E-state index is 4.26. The molecule has 1 aromatic heterocycles. The minimum atomic E-state index is 0.555. The predicted octanol–water partition coefficient (Wildman–Crippen LogP) is 5.58. The fraction of sp³-hybridized carbons (Fsp3) is 0.450. The number of rotatable bonds is 6. The summed E-state index contributed by atoms with van der Waals surface area (Å²) in [6, 6.07) is 13.2. The van der Waals surface area contributed by atoms with Gasteiger partial charge in [0.1, 0.15) is 0 Å². The van der Waals surface area contributed by atoms with E-state index in [2.05, 4.69) is 63.0 Å². The van der Waals surface area contributed by atoms with Crippen LogP contribution in [0.2, 0.25) is 0 Å². The topological polar surface area (TPSA) is 12.9 Å². The first-order valence-corrected chi connectivity index (χ1v) is 8.11. The van der Waals surface area contributed by atoms with Gasteiger partial charge >= 0.3 is 0 Å². The summed E-state index contributed by atoms with van der Waals surface area (Å²) in [5.41, 5.74) is 4.36. The van der Waals surface area contributed by atoms with E-state index in [1.54, 1.807) is 0 Å². The standard InChI is InChI=1S/C20H27N/c1-5-16(4)18-10-6-7-11-19(18)20(15(2)3)13-17-9-8-12-21-14-17/h6-12,14-16,20H,5,13H2,1-4H3. The first kappa shape index (κ1) is 15.8. The lowest BCUT2D eigenvalue weighted by Gasteiger charge is -2.26. The Balaban J connectivity index is 2.35. The number of benzene rings is 1. The van der Waals surface area contributed by atoms with E-state index in [1.807, 2.05) is 18.5 Å². The molecule has 0 aliphatic rings. The van der Waals surface area contributed by atoms with E-state index in [-0.39, 0.29) is 0 Å². The zero-order valence-electron chi connectivity index (χ0n) is 13.7. The van der Waals surface area contributed by atoms with E-state index in [1.165, 1.54) is 23.1 Å². The van der Waals surface area contributed by atoms with Gasteiger partial charge in [-0.15, -0.1) is 0 Å². The molecule has 112 valence electrons. The maximum absolute atomic E-state index is 4.26. The fourth-order valence-electron chi connectivity index (χ4n) is 2.99. The average molecular weight is 281 g/mol. The molecular weight excluding hydrogens is 254 g/mol. The quantitative estimate of drug-likeness (QED) is 0.673. The molecule has 2 aromatic rings. The van der Waals surface area contributed by atoms with Gasteiger partial charge in [0.15, 0.2) is 0 Å². The highest BCUT2D eigenvalue weighted by atomic mass is 14.6. The Morgan fingerprint density at radius 1 is 0.952 bits per heavy atom. The third-order valence-electron chi connectivity index (χ3n) is 4.52. The average Bonchev–Trinajstić information content (AvgIpc) is 2.52. The highest BCUT2D eigenvalue weighted by Crippen LogP contribution is 2.34. The van der Waals surface area contributed by atoms with Gasteiger partial charge < -0.3 is 0 Å². The molecule has 2 rings (SSSR count). The Kier molecular flexibility index (Phi) is 5.55. The zero-order valence-corrected chi connectivity index (χ0v) is 13.7. The SMILES string of the molecule is CCC(C)c1ccccc1C(Cc1cccnc1)C(C)C. The third kappa shape index (κ3) is 3.93. The minimum absolute atomic E-state index is 0.555. The molecule has 0 bridgehead atoms. The summed E-state index contributed by atoms with van der Waals surface area (Å²) < 4.78 is 0. The van der Waals surface area contributed by atoms with E-state index in [0.717, 1.165) is 6.42 Å². The lowest BCUT2D eigenvalue weighted by Crippen LogP contribution is -2.13. The van der Waals surface area contributed by atoms with Gasteiger partial charge in [-0.25, -0.2) is 0 Å². The van der Waals surface area contributed by atoms with Gasteiger partial charge in [-0.1, -0.05) is 58.0 Å². The van der Waals surface area contributed by atoms with Gasteiger partial charge in [0.05, 0.1) is 0 Å². The first-order valence-electron chi connectivity index (χ1n) is 8.11. The van der Waals surface area contributed by atoms with Crippen LogP contribution < -0.4 is 0 Å². The lowest BCUT2D eigenvalue weighted by molar-refractivity contribution is 0.488. The Labute approximate surface area is 129 Å². The van der Waals surface area contributed by atoms with Crippen LogP contribution in [0, 0.1) is 5.92 Å². The van der Waals surface area contributed by atoms with Crippen molar-refractivity contribution in [3.05, 3.63) is 65.5 Å². The molecule has 1 aromatic carbocycles. The smallest absolute Gasteiger partial charge is 0.0300 e. The molecule has 0 radical (unpaired) electrons. The molecule has 21 heavy (non-hydrogen) atoms. The molecular formula is C20H27N. The van der Waals surface area contributed by atoms with Crippen LogP contribution in [-0.2, 0) is 6.42 Å². The second-order valence-corrected chi connectivity index (χ2v) is 6.35.